The Labute approximate surface area is 125 Å². The third kappa shape index (κ3) is 3.48. The van der Waals surface area contributed by atoms with E-state index in [1.807, 2.05) is 12.1 Å². The molecule has 0 aliphatic carbocycles. The van der Waals surface area contributed by atoms with Crippen LogP contribution in [-0.4, -0.2) is 6.54 Å². The summed E-state index contributed by atoms with van der Waals surface area (Å²) in [5.74, 6) is -1.01. The molecule has 0 aliphatic heterocycles. The van der Waals surface area contributed by atoms with E-state index < -0.39 is 11.6 Å². The van der Waals surface area contributed by atoms with Crippen LogP contribution in [0.15, 0.2) is 36.4 Å². The molecule has 2 aromatic carbocycles. The molecule has 0 spiro atoms. The molecule has 112 valence electrons. The lowest BCUT2D eigenvalue weighted by atomic mass is 9.99. The highest BCUT2D eigenvalue weighted by atomic mass is 19.1. The number of halogens is 2. The van der Waals surface area contributed by atoms with Crippen molar-refractivity contribution >= 4 is 0 Å². The Hall–Kier alpha value is -1.74. The SMILES string of the molecule is CCCNC(C)c1ccc(-c2c(F)ccc(C)c2F)cc1. The average molecular weight is 289 g/mol. The van der Waals surface area contributed by atoms with E-state index in [0.29, 0.717) is 11.1 Å². The third-order valence-corrected chi connectivity index (χ3v) is 3.68. The molecule has 1 nitrogen and oxygen atoms in total. The van der Waals surface area contributed by atoms with E-state index >= 15 is 0 Å². The van der Waals surface area contributed by atoms with Crippen molar-refractivity contribution in [1.82, 2.24) is 5.32 Å². The van der Waals surface area contributed by atoms with Gasteiger partial charge in [-0.1, -0.05) is 37.3 Å². The van der Waals surface area contributed by atoms with Gasteiger partial charge in [-0.15, -0.1) is 0 Å². The number of hydrogen-bond acceptors (Lipinski definition) is 1. The van der Waals surface area contributed by atoms with Crippen LogP contribution in [0.2, 0.25) is 0 Å². The second-order valence-corrected chi connectivity index (χ2v) is 5.35. The first-order valence-electron chi connectivity index (χ1n) is 7.33. The predicted molar refractivity (Wildman–Crippen MR) is 83.2 cm³/mol. The Morgan fingerprint density at radius 1 is 1.05 bits per heavy atom. The molecule has 0 saturated carbocycles. The number of hydrogen-bond donors (Lipinski definition) is 1. The van der Waals surface area contributed by atoms with Crippen LogP contribution in [0.3, 0.4) is 0 Å². The molecule has 0 aliphatic rings. The van der Waals surface area contributed by atoms with Gasteiger partial charge in [-0.2, -0.15) is 0 Å². The lowest BCUT2D eigenvalue weighted by Gasteiger charge is -2.14. The standard InChI is InChI=1S/C18H21F2N/c1-4-11-21-13(3)14-6-8-15(9-7-14)17-16(19)10-5-12(2)18(17)20/h5-10,13,21H,4,11H2,1-3H3. The molecule has 0 radical (unpaired) electrons. The lowest BCUT2D eigenvalue weighted by molar-refractivity contribution is 0.570. The van der Waals surface area contributed by atoms with Gasteiger partial charge >= 0.3 is 0 Å². The summed E-state index contributed by atoms with van der Waals surface area (Å²) in [4.78, 5) is 0. The summed E-state index contributed by atoms with van der Waals surface area (Å²) >= 11 is 0. The number of rotatable bonds is 5. The minimum Gasteiger partial charge on any atom is -0.310 e. The molecule has 0 bridgehead atoms. The highest BCUT2D eigenvalue weighted by Gasteiger charge is 2.14. The van der Waals surface area contributed by atoms with Gasteiger partial charge in [0.05, 0.1) is 5.56 Å². The van der Waals surface area contributed by atoms with E-state index in [2.05, 4.69) is 19.2 Å². The van der Waals surface area contributed by atoms with Crippen molar-refractivity contribution in [1.29, 1.82) is 0 Å². The molecule has 0 fully saturated rings. The Morgan fingerprint density at radius 2 is 1.71 bits per heavy atom. The highest BCUT2D eigenvalue weighted by Crippen LogP contribution is 2.29. The fourth-order valence-electron chi connectivity index (χ4n) is 2.34. The average Bonchev–Trinajstić information content (AvgIpc) is 2.49. The van der Waals surface area contributed by atoms with Gasteiger partial charge in [0.25, 0.3) is 0 Å². The number of aryl methyl sites for hydroxylation is 1. The van der Waals surface area contributed by atoms with Gasteiger partial charge in [0, 0.05) is 6.04 Å². The van der Waals surface area contributed by atoms with Gasteiger partial charge in [-0.25, -0.2) is 8.78 Å². The van der Waals surface area contributed by atoms with Crippen molar-refractivity contribution in [3.63, 3.8) is 0 Å². The van der Waals surface area contributed by atoms with Crippen molar-refractivity contribution in [3.05, 3.63) is 59.2 Å². The van der Waals surface area contributed by atoms with Crippen LogP contribution >= 0.6 is 0 Å². The molecule has 21 heavy (non-hydrogen) atoms. The van der Waals surface area contributed by atoms with E-state index in [-0.39, 0.29) is 11.6 Å². The van der Waals surface area contributed by atoms with E-state index in [4.69, 9.17) is 0 Å². The summed E-state index contributed by atoms with van der Waals surface area (Å²) in [5, 5.41) is 3.39. The molecule has 0 heterocycles. The third-order valence-electron chi connectivity index (χ3n) is 3.68. The van der Waals surface area contributed by atoms with Crippen molar-refractivity contribution in [2.24, 2.45) is 0 Å². The van der Waals surface area contributed by atoms with Crippen LogP contribution in [0, 0.1) is 18.6 Å². The van der Waals surface area contributed by atoms with Gasteiger partial charge in [-0.3, -0.25) is 0 Å². The highest BCUT2D eigenvalue weighted by molar-refractivity contribution is 5.66. The monoisotopic (exact) mass is 289 g/mol. The Morgan fingerprint density at radius 3 is 2.33 bits per heavy atom. The number of benzene rings is 2. The normalized spacial score (nSPS) is 12.4. The van der Waals surface area contributed by atoms with E-state index in [9.17, 15) is 8.78 Å². The zero-order valence-electron chi connectivity index (χ0n) is 12.7. The van der Waals surface area contributed by atoms with E-state index in [1.165, 1.54) is 12.1 Å². The maximum Gasteiger partial charge on any atom is 0.136 e. The summed E-state index contributed by atoms with van der Waals surface area (Å²) in [6.45, 7) is 6.79. The van der Waals surface area contributed by atoms with Gasteiger partial charge < -0.3 is 5.32 Å². The fraction of sp³-hybridized carbons (Fsp3) is 0.333. The minimum atomic E-state index is -0.525. The number of nitrogens with one attached hydrogen (secondary N) is 1. The van der Waals surface area contributed by atoms with Crippen LogP contribution in [0.1, 0.15) is 37.4 Å². The van der Waals surface area contributed by atoms with Crippen molar-refractivity contribution in [3.8, 4) is 11.1 Å². The smallest absolute Gasteiger partial charge is 0.136 e. The molecule has 1 atom stereocenters. The molecule has 3 heteroatoms. The second kappa shape index (κ2) is 6.81. The van der Waals surface area contributed by atoms with Crippen molar-refractivity contribution < 1.29 is 8.78 Å². The largest absolute Gasteiger partial charge is 0.310 e. The van der Waals surface area contributed by atoms with E-state index in [1.54, 1.807) is 19.1 Å². The molecular weight excluding hydrogens is 268 g/mol. The quantitative estimate of drug-likeness (QED) is 0.816. The van der Waals surface area contributed by atoms with Gasteiger partial charge in [0.15, 0.2) is 0 Å². The first-order valence-corrected chi connectivity index (χ1v) is 7.33. The second-order valence-electron chi connectivity index (χ2n) is 5.35. The molecule has 0 amide bonds. The predicted octanol–water partition coefficient (Wildman–Crippen LogP) is 5.00. The van der Waals surface area contributed by atoms with Gasteiger partial charge in [0.1, 0.15) is 11.6 Å². The topological polar surface area (TPSA) is 12.0 Å². The van der Waals surface area contributed by atoms with Crippen molar-refractivity contribution in [2.45, 2.75) is 33.2 Å². The first kappa shape index (κ1) is 15.6. The van der Waals surface area contributed by atoms with Crippen LogP contribution < -0.4 is 5.32 Å². The van der Waals surface area contributed by atoms with Gasteiger partial charge in [0.2, 0.25) is 0 Å². The van der Waals surface area contributed by atoms with Crippen LogP contribution in [0.4, 0.5) is 8.78 Å². The molecule has 1 N–H and O–H groups in total. The summed E-state index contributed by atoms with van der Waals surface area (Å²) in [6, 6.07) is 10.4. The summed E-state index contributed by atoms with van der Waals surface area (Å²) < 4.78 is 28.0. The van der Waals surface area contributed by atoms with Crippen molar-refractivity contribution in [2.75, 3.05) is 6.54 Å². The zero-order valence-corrected chi connectivity index (χ0v) is 12.7. The molecular formula is C18H21F2N. The maximum absolute atomic E-state index is 14.1. The van der Waals surface area contributed by atoms with Crippen LogP contribution in [-0.2, 0) is 0 Å². The Kier molecular flexibility index (Phi) is 5.07. The Balaban J connectivity index is 2.29. The van der Waals surface area contributed by atoms with E-state index in [0.717, 1.165) is 18.5 Å². The molecule has 2 aromatic rings. The minimum absolute atomic E-state index is 0.0516. The first-order chi connectivity index (χ1) is 10.0. The molecule has 0 aromatic heterocycles. The maximum atomic E-state index is 14.1. The van der Waals surface area contributed by atoms with Crippen LogP contribution in [0.25, 0.3) is 11.1 Å². The molecule has 0 saturated heterocycles. The molecule has 1 unspecified atom stereocenters. The summed E-state index contributed by atoms with van der Waals surface area (Å²) in [6.07, 6.45) is 1.07. The zero-order chi connectivity index (χ0) is 15.4. The molecule has 2 rings (SSSR count). The van der Waals surface area contributed by atoms with Crippen LogP contribution in [0.5, 0.6) is 0 Å². The van der Waals surface area contributed by atoms with Gasteiger partial charge in [-0.05, 0) is 49.6 Å². The Bertz CT molecular complexity index is 605. The summed E-state index contributed by atoms with van der Waals surface area (Å²) in [5.41, 5.74) is 2.19. The summed E-state index contributed by atoms with van der Waals surface area (Å²) in [7, 11) is 0. The fourth-order valence-corrected chi connectivity index (χ4v) is 2.34. The lowest BCUT2D eigenvalue weighted by Crippen LogP contribution is -2.19.